The molecule has 1 aliphatic heterocycles. The van der Waals surface area contributed by atoms with Gasteiger partial charge in [-0.3, -0.25) is 4.79 Å². The summed E-state index contributed by atoms with van der Waals surface area (Å²) in [7, 11) is 0. The molecule has 0 bridgehead atoms. The monoisotopic (exact) mass is 393 g/mol. The van der Waals surface area contributed by atoms with Crippen LogP contribution in [-0.2, 0) is 6.18 Å². The quantitative estimate of drug-likeness (QED) is 0.606. The predicted molar refractivity (Wildman–Crippen MR) is 98.3 cm³/mol. The van der Waals surface area contributed by atoms with E-state index in [9.17, 15) is 18.0 Å². The molecular weight excluding hydrogens is 375 g/mol. The Kier molecular flexibility index (Phi) is 4.67. The van der Waals surface area contributed by atoms with Gasteiger partial charge in [-0.2, -0.15) is 18.3 Å². The van der Waals surface area contributed by atoms with Crippen molar-refractivity contribution in [3.63, 3.8) is 0 Å². The number of likely N-dealkylation sites (tertiary alicyclic amines) is 1. The first kappa shape index (κ1) is 18.0. The lowest BCUT2D eigenvalue weighted by molar-refractivity contribution is -0.140. The molecule has 4 nitrogen and oxygen atoms in total. The molecule has 0 radical (unpaired) electrons. The normalized spacial score (nSPS) is 15.9. The Balaban J connectivity index is 1.80. The molecule has 8 heteroatoms. The van der Waals surface area contributed by atoms with Crippen molar-refractivity contribution in [1.29, 1.82) is 0 Å². The van der Waals surface area contributed by atoms with Gasteiger partial charge in [-0.15, -0.1) is 11.3 Å². The summed E-state index contributed by atoms with van der Waals surface area (Å²) in [6, 6.07) is 10.0. The SMILES string of the molecule is O=C(c1cc2c(C(F)(F)F)nn(-c3ccccc3)c2s1)N1CCCCCC1. The third-order valence-electron chi connectivity index (χ3n) is 4.73. The number of hydrogen-bond donors (Lipinski definition) is 0. The van der Waals surface area contributed by atoms with Gasteiger partial charge in [0.2, 0.25) is 0 Å². The van der Waals surface area contributed by atoms with Gasteiger partial charge < -0.3 is 4.90 Å². The Morgan fingerprint density at radius 3 is 2.33 bits per heavy atom. The fourth-order valence-corrected chi connectivity index (χ4v) is 4.50. The van der Waals surface area contributed by atoms with E-state index in [1.807, 2.05) is 0 Å². The fraction of sp³-hybridized carbons (Fsp3) is 0.368. The second-order valence-electron chi connectivity index (χ2n) is 6.63. The molecule has 4 rings (SSSR count). The van der Waals surface area contributed by atoms with E-state index in [2.05, 4.69) is 5.10 Å². The molecule has 1 amide bonds. The molecule has 3 aromatic rings. The highest BCUT2D eigenvalue weighted by Gasteiger charge is 2.38. The summed E-state index contributed by atoms with van der Waals surface area (Å²) < 4.78 is 41.8. The van der Waals surface area contributed by atoms with E-state index < -0.39 is 11.9 Å². The summed E-state index contributed by atoms with van der Waals surface area (Å²) >= 11 is 1.07. The molecule has 0 atom stereocenters. The number of hydrogen-bond acceptors (Lipinski definition) is 3. The Labute approximate surface area is 158 Å². The molecule has 3 heterocycles. The second-order valence-corrected chi connectivity index (χ2v) is 7.66. The maximum absolute atomic E-state index is 13.5. The van der Waals surface area contributed by atoms with E-state index in [-0.39, 0.29) is 11.3 Å². The van der Waals surface area contributed by atoms with E-state index in [0.717, 1.165) is 37.0 Å². The van der Waals surface area contributed by atoms with Gasteiger partial charge in [0.25, 0.3) is 5.91 Å². The summed E-state index contributed by atoms with van der Waals surface area (Å²) in [6.45, 7) is 1.31. The van der Waals surface area contributed by atoms with E-state index in [0.29, 0.717) is 28.5 Å². The Morgan fingerprint density at radius 2 is 1.70 bits per heavy atom. The van der Waals surface area contributed by atoms with Crippen LogP contribution in [0.5, 0.6) is 0 Å². The molecule has 1 fully saturated rings. The number of rotatable bonds is 2. The van der Waals surface area contributed by atoms with Crippen LogP contribution in [-0.4, -0.2) is 33.7 Å². The summed E-state index contributed by atoms with van der Waals surface area (Å²) in [5.41, 5.74) is -0.416. The standard InChI is InChI=1S/C19H18F3N3OS/c20-19(21,22)16-14-12-15(17(26)24-10-6-1-2-7-11-24)27-18(14)25(23-16)13-8-4-3-5-9-13/h3-5,8-9,12H,1-2,6-7,10-11H2. The number of para-hydroxylation sites is 1. The first-order valence-corrected chi connectivity index (χ1v) is 9.71. The molecule has 1 aromatic carbocycles. The average molecular weight is 393 g/mol. The lowest BCUT2D eigenvalue weighted by atomic mass is 10.2. The average Bonchev–Trinajstić information content (AvgIpc) is 3.10. The zero-order valence-corrected chi connectivity index (χ0v) is 15.3. The zero-order chi connectivity index (χ0) is 19.0. The van der Waals surface area contributed by atoms with Crippen LogP contribution in [0, 0.1) is 0 Å². The van der Waals surface area contributed by atoms with Crippen molar-refractivity contribution in [1.82, 2.24) is 14.7 Å². The number of benzene rings is 1. The summed E-state index contributed by atoms with van der Waals surface area (Å²) in [6.07, 6.45) is -0.554. The van der Waals surface area contributed by atoms with Crippen molar-refractivity contribution in [2.24, 2.45) is 0 Å². The Morgan fingerprint density at radius 1 is 1.04 bits per heavy atom. The van der Waals surface area contributed by atoms with E-state index in [1.165, 1.54) is 10.7 Å². The third kappa shape index (κ3) is 3.45. The molecule has 142 valence electrons. The van der Waals surface area contributed by atoms with Crippen LogP contribution in [0.15, 0.2) is 36.4 Å². The van der Waals surface area contributed by atoms with Gasteiger partial charge in [0.1, 0.15) is 4.83 Å². The lowest BCUT2D eigenvalue weighted by Gasteiger charge is -2.19. The van der Waals surface area contributed by atoms with Crippen LogP contribution in [0.2, 0.25) is 0 Å². The van der Waals surface area contributed by atoms with Gasteiger partial charge >= 0.3 is 6.18 Å². The maximum atomic E-state index is 13.5. The highest BCUT2D eigenvalue weighted by Crippen LogP contribution is 2.39. The first-order valence-electron chi connectivity index (χ1n) is 8.89. The first-order chi connectivity index (χ1) is 12.9. The van der Waals surface area contributed by atoms with Crippen LogP contribution in [0.25, 0.3) is 15.9 Å². The predicted octanol–water partition coefficient (Wildman–Crippen LogP) is 5.12. The second kappa shape index (κ2) is 6.99. The summed E-state index contributed by atoms with van der Waals surface area (Å²) in [5.74, 6) is -0.189. The number of carbonyl (C=O) groups is 1. The van der Waals surface area contributed by atoms with Crippen molar-refractivity contribution in [2.45, 2.75) is 31.9 Å². The number of thiophene rings is 1. The number of amides is 1. The third-order valence-corrected chi connectivity index (χ3v) is 5.83. The molecule has 27 heavy (non-hydrogen) atoms. The minimum absolute atomic E-state index is 0.0190. The number of halogens is 3. The molecule has 1 saturated heterocycles. The van der Waals surface area contributed by atoms with Gasteiger partial charge in [0.05, 0.1) is 10.6 Å². The Bertz CT molecular complexity index is 954. The molecule has 0 spiro atoms. The largest absolute Gasteiger partial charge is 0.435 e. The van der Waals surface area contributed by atoms with Crippen molar-refractivity contribution in [3.05, 3.63) is 47.0 Å². The van der Waals surface area contributed by atoms with Crippen LogP contribution in [0.3, 0.4) is 0 Å². The minimum Gasteiger partial charge on any atom is -0.338 e. The van der Waals surface area contributed by atoms with Crippen LogP contribution < -0.4 is 0 Å². The molecule has 0 aliphatic carbocycles. The molecular formula is C19H18F3N3OS. The number of alkyl halides is 3. The highest BCUT2D eigenvalue weighted by atomic mass is 32.1. The summed E-state index contributed by atoms with van der Waals surface area (Å²) in [4.78, 5) is 15.3. The van der Waals surface area contributed by atoms with Gasteiger partial charge in [-0.25, -0.2) is 4.68 Å². The maximum Gasteiger partial charge on any atom is 0.435 e. The van der Waals surface area contributed by atoms with Crippen LogP contribution >= 0.6 is 11.3 Å². The number of fused-ring (bicyclic) bond motifs is 1. The van der Waals surface area contributed by atoms with Crippen molar-refractivity contribution < 1.29 is 18.0 Å². The van der Waals surface area contributed by atoms with E-state index in [4.69, 9.17) is 0 Å². The molecule has 0 unspecified atom stereocenters. The minimum atomic E-state index is -4.58. The van der Waals surface area contributed by atoms with Gasteiger partial charge in [0, 0.05) is 18.5 Å². The van der Waals surface area contributed by atoms with Crippen molar-refractivity contribution in [2.75, 3.05) is 13.1 Å². The van der Waals surface area contributed by atoms with E-state index in [1.54, 1.807) is 35.2 Å². The van der Waals surface area contributed by atoms with E-state index >= 15 is 0 Å². The fourth-order valence-electron chi connectivity index (χ4n) is 3.40. The zero-order valence-electron chi connectivity index (χ0n) is 14.5. The van der Waals surface area contributed by atoms with Gasteiger partial charge in [0.15, 0.2) is 5.69 Å². The van der Waals surface area contributed by atoms with Crippen LogP contribution in [0.4, 0.5) is 13.2 Å². The summed E-state index contributed by atoms with van der Waals surface area (Å²) in [5, 5.41) is 3.78. The number of carbonyl (C=O) groups excluding carboxylic acids is 1. The van der Waals surface area contributed by atoms with Gasteiger partial charge in [-0.1, -0.05) is 31.0 Å². The topological polar surface area (TPSA) is 38.1 Å². The molecule has 0 N–H and O–H groups in total. The highest BCUT2D eigenvalue weighted by molar-refractivity contribution is 7.20. The Hall–Kier alpha value is -2.35. The van der Waals surface area contributed by atoms with Crippen molar-refractivity contribution >= 4 is 27.5 Å². The molecule has 1 aliphatic rings. The number of aromatic nitrogens is 2. The number of nitrogens with zero attached hydrogens (tertiary/aromatic N) is 3. The molecule has 0 saturated carbocycles. The van der Waals surface area contributed by atoms with Crippen LogP contribution in [0.1, 0.15) is 41.0 Å². The molecule has 2 aromatic heterocycles. The van der Waals surface area contributed by atoms with Gasteiger partial charge in [-0.05, 0) is 31.0 Å². The van der Waals surface area contributed by atoms with Crippen molar-refractivity contribution in [3.8, 4) is 5.69 Å². The smallest absolute Gasteiger partial charge is 0.338 e. The lowest BCUT2D eigenvalue weighted by Crippen LogP contribution is -2.31.